The summed E-state index contributed by atoms with van der Waals surface area (Å²) < 4.78 is 12.7. The second-order valence-electron chi connectivity index (χ2n) is 7.71. The number of methoxy groups -OCH3 is 2. The first-order chi connectivity index (χ1) is 15.4. The van der Waals surface area contributed by atoms with Crippen LogP contribution >= 0.6 is 0 Å². The van der Waals surface area contributed by atoms with Gasteiger partial charge in [-0.15, -0.1) is 0 Å². The molecule has 4 rings (SSSR count). The molecule has 0 unspecified atom stereocenters. The van der Waals surface area contributed by atoms with Gasteiger partial charge in [-0.3, -0.25) is 14.5 Å². The third-order valence-corrected chi connectivity index (χ3v) is 5.71. The van der Waals surface area contributed by atoms with Crippen molar-refractivity contribution in [1.29, 1.82) is 0 Å². The van der Waals surface area contributed by atoms with Crippen LogP contribution in [0.4, 0.5) is 11.4 Å². The normalized spacial score (nSPS) is 15.2. The molecule has 1 aromatic heterocycles. The molecule has 1 atom stereocenters. The highest BCUT2D eigenvalue weighted by Crippen LogP contribution is 2.38. The minimum atomic E-state index is -0.876. The van der Waals surface area contributed by atoms with Gasteiger partial charge in [-0.05, 0) is 37.1 Å². The van der Waals surface area contributed by atoms with E-state index in [1.807, 2.05) is 61.0 Å². The molecular formula is C25H26N3O4+. The lowest BCUT2D eigenvalue weighted by atomic mass is 10.0. The van der Waals surface area contributed by atoms with Crippen molar-refractivity contribution in [2.75, 3.05) is 24.4 Å². The highest BCUT2D eigenvalue weighted by molar-refractivity contribution is 6.06. The fourth-order valence-corrected chi connectivity index (χ4v) is 4.09. The molecule has 1 aliphatic rings. The summed E-state index contributed by atoms with van der Waals surface area (Å²) in [6, 6.07) is 15.7. The Morgan fingerprint density at radius 1 is 1.03 bits per heavy atom. The van der Waals surface area contributed by atoms with Crippen molar-refractivity contribution >= 4 is 23.2 Å². The Morgan fingerprint density at radius 2 is 1.78 bits per heavy atom. The molecule has 1 N–H and O–H groups in total. The fraction of sp³-hybridized carbons (Fsp3) is 0.240. The van der Waals surface area contributed by atoms with Gasteiger partial charge in [-0.1, -0.05) is 24.3 Å². The van der Waals surface area contributed by atoms with Gasteiger partial charge in [0.05, 0.1) is 19.9 Å². The van der Waals surface area contributed by atoms with Crippen molar-refractivity contribution in [2.45, 2.75) is 26.4 Å². The summed E-state index contributed by atoms with van der Waals surface area (Å²) in [5.41, 5.74) is 3.88. The van der Waals surface area contributed by atoms with E-state index in [4.69, 9.17) is 9.47 Å². The number of carbonyl (C=O) groups is 2. The first kappa shape index (κ1) is 21.4. The molecule has 2 amide bonds. The number of hydrogen-bond donors (Lipinski definition) is 1. The number of rotatable bonds is 5. The molecular weight excluding hydrogens is 406 g/mol. The standard InChI is InChI=1S/C25H25N3O4/c1-16-8-7-9-17(2)23(16)26-25(30)24-20-10-5-6-13-27(20)15-22(29)28(24)19-12-11-18(31-3)14-21(19)32-4/h5-14,24H,15H2,1-4H3/p+1/t24-/m0/s1. The molecule has 2 aromatic carbocycles. The smallest absolute Gasteiger partial charge is 0.294 e. The first-order valence-electron chi connectivity index (χ1n) is 10.3. The van der Waals surface area contributed by atoms with E-state index in [0.29, 0.717) is 22.9 Å². The van der Waals surface area contributed by atoms with E-state index in [9.17, 15) is 9.59 Å². The number of amides is 2. The Hall–Kier alpha value is -3.87. The molecule has 2 heterocycles. The van der Waals surface area contributed by atoms with Crippen LogP contribution in [0.1, 0.15) is 22.9 Å². The van der Waals surface area contributed by atoms with E-state index in [2.05, 4.69) is 5.32 Å². The van der Waals surface area contributed by atoms with E-state index in [0.717, 1.165) is 16.8 Å². The molecule has 0 radical (unpaired) electrons. The maximum absolute atomic E-state index is 13.7. The Labute approximate surface area is 187 Å². The average Bonchev–Trinajstić information content (AvgIpc) is 2.80. The average molecular weight is 433 g/mol. The molecule has 7 nitrogen and oxygen atoms in total. The van der Waals surface area contributed by atoms with Crippen LogP contribution in [0.15, 0.2) is 60.8 Å². The van der Waals surface area contributed by atoms with Gasteiger partial charge in [0.25, 0.3) is 11.8 Å². The number of aryl methyl sites for hydroxylation is 2. The summed E-state index contributed by atoms with van der Waals surface area (Å²) in [5.74, 6) is 0.542. The minimum absolute atomic E-state index is 0.124. The molecule has 32 heavy (non-hydrogen) atoms. The zero-order chi connectivity index (χ0) is 22.8. The number of nitrogens with zero attached hydrogens (tertiary/aromatic N) is 2. The van der Waals surface area contributed by atoms with Crippen molar-refractivity contribution < 1.29 is 23.6 Å². The number of fused-ring (bicyclic) bond motifs is 1. The summed E-state index contributed by atoms with van der Waals surface area (Å²) >= 11 is 0. The third-order valence-electron chi connectivity index (χ3n) is 5.71. The molecule has 164 valence electrons. The summed E-state index contributed by atoms with van der Waals surface area (Å²) in [7, 11) is 3.09. The van der Waals surface area contributed by atoms with Crippen molar-refractivity contribution in [3.8, 4) is 11.5 Å². The van der Waals surface area contributed by atoms with Crippen LogP contribution in [0.25, 0.3) is 0 Å². The lowest BCUT2D eigenvalue weighted by Crippen LogP contribution is -2.58. The Balaban J connectivity index is 1.84. The quantitative estimate of drug-likeness (QED) is 0.628. The van der Waals surface area contributed by atoms with Crippen molar-refractivity contribution in [2.24, 2.45) is 0 Å². The number of para-hydroxylation sites is 1. The van der Waals surface area contributed by atoms with Gasteiger partial charge in [0, 0.05) is 23.9 Å². The van der Waals surface area contributed by atoms with Crippen LogP contribution in [0.3, 0.4) is 0 Å². The van der Waals surface area contributed by atoms with Crippen molar-refractivity contribution in [1.82, 2.24) is 0 Å². The number of carbonyl (C=O) groups excluding carboxylic acids is 2. The topological polar surface area (TPSA) is 71.8 Å². The second kappa shape index (κ2) is 8.70. The van der Waals surface area contributed by atoms with E-state index in [-0.39, 0.29) is 18.4 Å². The number of benzene rings is 2. The van der Waals surface area contributed by atoms with Crippen LogP contribution in [0, 0.1) is 13.8 Å². The number of nitrogens with one attached hydrogen (secondary N) is 1. The van der Waals surface area contributed by atoms with Gasteiger partial charge in [0.15, 0.2) is 6.20 Å². The number of anilines is 2. The molecule has 0 saturated carbocycles. The molecule has 0 saturated heterocycles. The van der Waals surface area contributed by atoms with Gasteiger partial charge < -0.3 is 14.8 Å². The SMILES string of the molecule is COc1ccc(N2C(=O)C[n+]3ccccc3[C@H]2C(=O)Nc2c(C)cccc2C)c(OC)c1. The predicted octanol–water partition coefficient (Wildman–Crippen LogP) is 3.33. The van der Waals surface area contributed by atoms with Gasteiger partial charge in [-0.2, -0.15) is 4.57 Å². The van der Waals surface area contributed by atoms with Gasteiger partial charge in [-0.25, -0.2) is 0 Å². The summed E-state index contributed by atoms with van der Waals surface area (Å²) in [6.07, 6.45) is 1.81. The number of aromatic nitrogens is 1. The van der Waals surface area contributed by atoms with Crippen LogP contribution in [0.5, 0.6) is 11.5 Å². The second-order valence-corrected chi connectivity index (χ2v) is 7.71. The molecule has 3 aromatic rings. The van der Waals surface area contributed by atoms with Crippen LogP contribution < -0.4 is 24.3 Å². The zero-order valence-corrected chi connectivity index (χ0v) is 18.6. The summed E-state index contributed by atoms with van der Waals surface area (Å²) in [5, 5.41) is 3.06. The van der Waals surface area contributed by atoms with Crippen molar-refractivity contribution in [3.05, 3.63) is 77.6 Å². The fourth-order valence-electron chi connectivity index (χ4n) is 4.09. The van der Waals surface area contributed by atoms with E-state index in [1.165, 1.54) is 12.0 Å². The van der Waals surface area contributed by atoms with Gasteiger partial charge in [0.1, 0.15) is 11.5 Å². The Kier molecular flexibility index (Phi) is 5.81. The molecule has 7 heteroatoms. The lowest BCUT2D eigenvalue weighted by Gasteiger charge is -2.33. The molecule has 1 aliphatic heterocycles. The van der Waals surface area contributed by atoms with Crippen LogP contribution in [-0.4, -0.2) is 26.0 Å². The minimum Gasteiger partial charge on any atom is -0.497 e. The Bertz CT molecular complexity index is 1170. The van der Waals surface area contributed by atoms with E-state index in [1.54, 1.807) is 25.3 Å². The summed E-state index contributed by atoms with van der Waals surface area (Å²) in [4.78, 5) is 28.5. The largest absolute Gasteiger partial charge is 0.497 e. The zero-order valence-electron chi connectivity index (χ0n) is 18.6. The maximum Gasteiger partial charge on any atom is 0.294 e. The molecule has 0 bridgehead atoms. The summed E-state index contributed by atoms with van der Waals surface area (Å²) in [6.45, 7) is 4.02. The van der Waals surface area contributed by atoms with Crippen LogP contribution in [0.2, 0.25) is 0 Å². The number of ether oxygens (including phenoxy) is 2. The predicted molar refractivity (Wildman–Crippen MR) is 121 cm³/mol. The van der Waals surface area contributed by atoms with Gasteiger partial charge >= 0.3 is 0 Å². The maximum atomic E-state index is 13.7. The lowest BCUT2D eigenvalue weighted by molar-refractivity contribution is -0.695. The monoisotopic (exact) mass is 432 g/mol. The number of pyridine rings is 1. The first-order valence-corrected chi connectivity index (χ1v) is 10.3. The highest BCUT2D eigenvalue weighted by Gasteiger charge is 2.44. The molecule has 0 spiro atoms. The van der Waals surface area contributed by atoms with E-state index >= 15 is 0 Å². The molecule has 0 aliphatic carbocycles. The Morgan fingerprint density at radius 3 is 2.47 bits per heavy atom. The molecule has 0 fully saturated rings. The third kappa shape index (κ3) is 3.77. The van der Waals surface area contributed by atoms with Gasteiger partial charge in [0.2, 0.25) is 18.3 Å². The highest BCUT2D eigenvalue weighted by atomic mass is 16.5. The van der Waals surface area contributed by atoms with E-state index < -0.39 is 6.04 Å². The number of hydrogen-bond acceptors (Lipinski definition) is 4. The van der Waals surface area contributed by atoms with Crippen LogP contribution in [-0.2, 0) is 16.1 Å². The van der Waals surface area contributed by atoms with Crippen molar-refractivity contribution in [3.63, 3.8) is 0 Å².